The SMILES string of the molecule is COc1nc(-c2cccc(-c3cccc(-c4nc5cc6c(c(C#N)c5o4)CCC6N4CC[C@@H](C(=O)O)C4)c3C)c2C)ccc1CN1CC[C@@H](O)C1. The van der Waals surface area contributed by atoms with E-state index < -0.39 is 5.97 Å². The van der Waals surface area contributed by atoms with Crippen molar-refractivity contribution in [3.8, 4) is 45.8 Å². The van der Waals surface area contributed by atoms with Crippen molar-refractivity contribution in [3.05, 3.63) is 88.0 Å². The second kappa shape index (κ2) is 13.2. The summed E-state index contributed by atoms with van der Waals surface area (Å²) in [7, 11) is 1.65. The molecule has 3 atom stereocenters. The van der Waals surface area contributed by atoms with Crippen molar-refractivity contribution in [2.75, 3.05) is 33.3 Å². The maximum atomic E-state index is 11.6. The predicted octanol–water partition coefficient (Wildman–Crippen LogP) is 6.68. The summed E-state index contributed by atoms with van der Waals surface area (Å²) >= 11 is 0. The average Bonchev–Trinajstić information content (AvgIpc) is 3.94. The van der Waals surface area contributed by atoms with Crippen LogP contribution in [0.15, 0.2) is 59.0 Å². The Balaban J connectivity index is 1.12. The first-order chi connectivity index (χ1) is 24.7. The highest BCUT2D eigenvalue weighted by molar-refractivity contribution is 5.87. The molecule has 10 heteroatoms. The molecule has 1 unspecified atom stereocenters. The fourth-order valence-corrected chi connectivity index (χ4v) is 8.49. The topological polar surface area (TPSA) is 136 Å². The maximum absolute atomic E-state index is 11.6. The van der Waals surface area contributed by atoms with Gasteiger partial charge in [0.1, 0.15) is 17.1 Å². The molecular weight excluding hydrogens is 642 g/mol. The summed E-state index contributed by atoms with van der Waals surface area (Å²) in [5, 5.41) is 29.9. The molecule has 2 aliphatic heterocycles. The van der Waals surface area contributed by atoms with Crippen molar-refractivity contribution in [2.24, 2.45) is 5.92 Å². The molecule has 260 valence electrons. The third-order valence-electron chi connectivity index (χ3n) is 11.2. The highest BCUT2D eigenvalue weighted by Gasteiger charge is 2.37. The van der Waals surface area contributed by atoms with E-state index in [2.05, 4.69) is 60.0 Å². The van der Waals surface area contributed by atoms with E-state index in [0.29, 0.717) is 54.5 Å². The molecule has 2 aromatic heterocycles. The number of ether oxygens (including phenoxy) is 1. The van der Waals surface area contributed by atoms with E-state index in [1.807, 2.05) is 24.3 Å². The van der Waals surface area contributed by atoms with E-state index in [9.17, 15) is 20.3 Å². The van der Waals surface area contributed by atoms with E-state index in [1.165, 1.54) is 0 Å². The fourth-order valence-electron chi connectivity index (χ4n) is 8.49. The summed E-state index contributed by atoms with van der Waals surface area (Å²) in [4.78, 5) is 26.0. The molecule has 2 saturated heterocycles. The second-order valence-electron chi connectivity index (χ2n) is 14.2. The summed E-state index contributed by atoms with van der Waals surface area (Å²) < 4.78 is 12.2. The number of likely N-dealkylation sites (tertiary alicyclic amines) is 2. The van der Waals surface area contributed by atoms with Gasteiger partial charge in [-0.05, 0) is 97.7 Å². The molecule has 2 fully saturated rings. The van der Waals surface area contributed by atoms with Crippen molar-refractivity contribution >= 4 is 17.1 Å². The van der Waals surface area contributed by atoms with Gasteiger partial charge in [0.2, 0.25) is 11.8 Å². The molecule has 5 aromatic rings. The normalized spacial score (nSPS) is 20.6. The molecule has 1 aliphatic carbocycles. The number of carboxylic acids is 1. The van der Waals surface area contributed by atoms with Crippen LogP contribution >= 0.6 is 0 Å². The Labute approximate surface area is 296 Å². The number of benzene rings is 3. The largest absolute Gasteiger partial charge is 0.481 e. The van der Waals surface area contributed by atoms with Crippen LogP contribution in [-0.4, -0.2) is 75.3 Å². The lowest BCUT2D eigenvalue weighted by molar-refractivity contribution is -0.141. The van der Waals surface area contributed by atoms with Crippen LogP contribution in [0, 0.1) is 31.1 Å². The molecule has 0 bridgehead atoms. The zero-order valence-corrected chi connectivity index (χ0v) is 29.1. The number of hydrogen-bond acceptors (Lipinski definition) is 9. The number of aliphatic carboxylic acids is 1. The van der Waals surface area contributed by atoms with Gasteiger partial charge in [-0.15, -0.1) is 0 Å². The number of nitrogens with zero attached hydrogens (tertiary/aromatic N) is 5. The van der Waals surface area contributed by atoms with Gasteiger partial charge in [0.15, 0.2) is 5.58 Å². The van der Waals surface area contributed by atoms with Crippen LogP contribution in [0.3, 0.4) is 0 Å². The summed E-state index contributed by atoms with van der Waals surface area (Å²) in [6, 6.07) is 21.0. The summed E-state index contributed by atoms with van der Waals surface area (Å²) in [5.74, 6) is -0.0419. The number of β-amino-alcohol motifs (C(OH)–C–C–N with tert-alkyl or cyclic N) is 1. The van der Waals surface area contributed by atoms with Crippen molar-refractivity contribution in [2.45, 2.75) is 58.2 Å². The van der Waals surface area contributed by atoms with E-state index in [4.69, 9.17) is 19.1 Å². The Morgan fingerprint density at radius 1 is 0.980 bits per heavy atom. The second-order valence-corrected chi connectivity index (χ2v) is 14.2. The maximum Gasteiger partial charge on any atom is 0.307 e. The van der Waals surface area contributed by atoms with E-state index in [0.717, 1.165) is 88.1 Å². The van der Waals surface area contributed by atoms with Gasteiger partial charge in [0.25, 0.3) is 0 Å². The molecule has 10 nitrogen and oxygen atoms in total. The monoisotopic (exact) mass is 683 g/mol. The third kappa shape index (κ3) is 5.85. The summed E-state index contributed by atoms with van der Waals surface area (Å²) in [6.45, 7) is 7.63. The van der Waals surface area contributed by atoms with Gasteiger partial charge in [-0.2, -0.15) is 5.26 Å². The van der Waals surface area contributed by atoms with Gasteiger partial charge >= 0.3 is 5.97 Å². The average molecular weight is 684 g/mol. The van der Waals surface area contributed by atoms with Crippen molar-refractivity contribution < 1.29 is 24.2 Å². The van der Waals surface area contributed by atoms with Gasteiger partial charge in [-0.3, -0.25) is 14.6 Å². The fraction of sp³-hybridized carbons (Fsp3) is 0.366. The third-order valence-corrected chi connectivity index (χ3v) is 11.2. The Kier molecular flexibility index (Phi) is 8.58. The van der Waals surface area contributed by atoms with Crippen LogP contribution in [0.5, 0.6) is 5.88 Å². The first kappa shape index (κ1) is 33.1. The van der Waals surface area contributed by atoms with Gasteiger partial charge in [0.05, 0.1) is 24.8 Å². The Morgan fingerprint density at radius 3 is 2.41 bits per heavy atom. The lowest BCUT2D eigenvalue weighted by atomic mass is 9.90. The molecule has 0 radical (unpaired) electrons. The molecule has 3 aromatic carbocycles. The number of carbonyl (C=O) groups is 1. The number of oxazole rings is 1. The van der Waals surface area contributed by atoms with Crippen molar-refractivity contribution in [1.29, 1.82) is 5.26 Å². The number of methoxy groups -OCH3 is 1. The Hall–Kier alpha value is -5.08. The number of pyridine rings is 1. The van der Waals surface area contributed by atoms with E-state index >= 15 is 0 Å². The van der Waals surface area contributed by atoms with Gasteiger partial charge < -0.3 is 19.4 Å². The molecule has 8 rings (SSSR count). The highest BCUT2D eigenvalue weighted by atomic mass is 16.5. The van der Waals surface area contributed by atoms with Crippen molar-refractivity contribution in [3.63, 3.8) is 0 Å². The highest BCUT2D eigenvalue weighted by Crippen LogP contribution is 2.44. The first-order valence-corrected chi connectivity index (χ1v) is 17.7. The summed E-state index contributed by atoms with van der Waals surface area (Å²) in [5.41, 5.74) is 11.6. The lowest BCUT2D eigenvalue weighted by Crippen LogP contribution is -2.26. The van der Waals surface area contributed by atoms with Crippen LogP contribution in [-0.2, 0) is 17.8 Å². The van der Waals surface area contributed by atoms with E-state index in [-0.39, 0.29) is 18.1 Å². The number of aliphatic hydroxyl groups is 1. The Morgan fingerprint density at radius 2 is 1.73 bits per heavy atom. The quantitative estimate of drug-likeness (QED) is 0.182. The molecule has 0 saturated carbocycles. The Bertz CT molecular complexity index is 2220. The number of aromatic nitrogens is 2. The lowest BCUT2D eigenvalue weighted by Gasteiger charge is -2.24. The van der Waals surface area contributed by atoms with Crippen LogP contribution in [0.4, 0.5) is 0 Å². The van der Waals surface area contributed by atoms with Gasteiger partial charge in [-0.1, -0.05) is 36.4 Å². The number of hydrogen-bond donors (Lipinski definition) is 2. The molecule has 4 heterocycles. The molecule has 51 heavy (non-hydrogen) atoms. The molecule has 2 N–H and O–H groups in total. The van der Waals surface area contributed by atoms with E-state index in [1.54, 1.807) is 7.11 Å². The number of fused-ring (bicyclic) bond motifs is 2. The number of rotatable bonds is 8. The van der Waals surface area contributed by atoms with Gasteiger partial charge in [0, 0.05) is 48.9 Å². The number of carboxylic acid groups (broad SMARTS) is 1. The minimum Gasteiger partial charge on any atom is -0.481 e. The molecule has 3 aliphatic rings. The first-order valence-electron chi connectivity index (χ1n) is 17.7. The van der Waals surface area contributed by atoms with Crippen LogP contribution < -0.4 is 4.74 Å². The minimum absolute atomic E-state index is 0.0751. The standard InChI is InChI=1S/C41H41N5O5/c1-23-28(6-4-8-30(23)35-12-10-25(39(43-35)50-3)20-45-16-15-27(47)22-45)29-7-5-9-31(24(29)2)40-44-36-18-33-32(34(19-42)38(36)51-40)11-13-37(33)46-17-14-26(21-46)41(48)49/h4-10,12,18,26-27,37,47H,11,13-17,20-22H2,1-3H3,(H,48,49)/t26-,27-,37?/m1/s1. The zero-order chi connectivity index (χ0) is 35.4. The van der Waals surface area contributed by atoms with Crippen molar-refractivity contribution in [1.82, 2.24) is 19.8 Å². The zero-order valence-electron chi connectivity index (χ0n) is 29.1. The predicted molar refractivity (Wildman–Crippen MR) is 193 cm³/mol. The van der Waals surface area contributed by atoms with Gasteiger partial charge in [-0.25, -0.2) is 9.97 Å². The molecule has 0 amide bonds. The summed E-state index contributed by atoms with van der Waals surface area (Å²) in [6.07, 6.45) is 2.75. The van der Waals surface area contributed by atoms with Crippen LogP contribution in [0.2, 0.25) is 0 Å². The smallest absolute Gasteiger partial charge is 0.307 e. The molecular formula is C41H41N5O5. The number of aliphatic hydroxyl groups excluding tert-OH is 1. The van der Waals surface area contributed by atoms with Crippen LogP contribution in [0.1, 0.15) is 58.7 Å². The number of nitriles is 1. The van der Waals surface area contributed by atoms with Crippen LogP contribution in [0.25, 0.3) is 44.9 Å². The minimum atomic E-state index is -0.744. The molecule has 0 spiro atoms.